The molecule has 4 heteroatoms. The Balaban J connectivity index is 2.52. The fraction of sp³-hybridized carbons (Fsp3) is 0.562. The lowest BCUT2D eigenvalue weighted by atomic mass is 10.0. The van der Waals surface area contributed by atoms with Crippen LogP contribution in [0.2, 0.25) is 0 Å². The molecule has 1 aromatic carbocycles. The summed E-state index contributed by atoms with van der Waals surface area (Å²) in [6.45, 7) is 9.55. The van der Waals surface area contributed by atoms with Gasteiger partial charge in [0.1, 0.15) is 11.3 Å². The Labute approximate surface area is 126 Å². The monoisotopic (exact) mass is 292 g/mol. The van der Waals surface area contributed by atoms with Gasteiger partial charge in [-0.25, -0.2) is 0 Å². The van der Waals surface area contributed by atoms with E-state index in [2.05, 4.69) is 43.3 Å². The summed E-state index contributed by atoms with van der Waals surface area (Å²) in [5.41, 5.74) is 2.15. The van der Waals surface area contributed by atoms with E-state index in [0.29, 0.717) is 12.0 Å². The highest BCUT2D eigenvalue weighted by molar-refractivity contribution is 7.71. The first-order valence-corrected chi connectivity index (χ1v) is 7.87. The zero-order valence-electron chi connectivity index (χ0n) is 12.8. The molecule has 20 heavy (non-hydrogen) atoms. The maximum absolute atomic E-state index is 5.81. The Hall–Kier alpha value is -1.29. The van der Waals surface area contributed by atoms with Crippen molar-refractivity contribution in [3.8, 4) is 5.75 Å². The van der Waals surface area contributed by atoms with Crippen LogP contribution in [0.5, 0.6) is 5.75 Å². The van der Waals surface area contributed by atoms with Crippen molar-refractivity contribution in [2.45, 2.75) is 46.6 Å². The molecule has 3 nitrogen and oxygen atoms in total. The Kier molecular flexibility index (Phi) is 4.86. The minimum atomic E-state index is 0.377. The molecule has 1 aromatic heterocycles. The van der Waals surface area contributed by atoms with Crippen LogP contribution in [-0.2, 0) is 0 Å². The lowest BCUT2D eigenvalue weighted by Crippen LogP contribution is -2.13. The molecule has 0 bridgehead atoms. The number of hydrogen-bond donors (Lipinski definition) is 1. The highest BCUT2D eigenvalue weighted by atomic mass is 32.1. The first kappa shape index (κ1) is 15.1. The molecule has 2 rings (SSSR count). The largest absolute Gasteiger partial charge is 0.491 e. The minimum Gasteiger partial charge on any atom is -0.491 e. The van der Waals surface area contributed by atoms with E-state index in [0.717, 1.165) is 41.0 Å². The van der Waals surface area contributed by atoms with Gasteiger partial charge in [-0.05, 0) is 43.6 Å². The van der Waals surface area contributed by atoms with Crippen molar-refractivity contribution in [1.29, 1.82) is 0 Å². The number of imidazole rings is 1. The molecule has 0 aliphatic carbocycles. The Morgan fingerprint density at radius 3 is 2.70 bits per heavy atom. The molecule has 2 unspecified atom stereocenters. The van der Waals surface area contributed by atoms with Crippen LogP contribution >= 0.6 is 12.2 Å². The molecule has 0 spiro atoms. The minimum absolute atomic E-state index is 0.377. The van der Waals surface area contributed by atoms with Gasteiger partial charge in [0.25, 0.3) is 0 Å². The van der Waals surface area contributed by atoms with Crippen LogP contribution in [0, 0.1) is 10.7 Å². The number of hydrogen-bond acceptors (Lipinski definition) is 2. The summed E-state index contributed by atoms with van der Waals surface area (Å²) in [5.74, 6) is 1.48. The van der Waals surface area contributed by atoms with Gasteiger partial charge >= 0.3 is 0 Å². The van der Waals surface area contributed by atoms with Crippen molar-refractivity contribution in [2.24, 2.45) is 5.92 Å². The second-order valence-corrected chi connectivity index (χ2v) is 5.81. The van der Waals surface area contributed by atoms with Crippen molar-refractivity contribution in [1.82, 2.24) is 9.55 Å². The molecule has 0 amide bonds. The molecule has 0 radical (unpaired) electrons. The van der Waals surface area contributed by atoms with Crippen molar-refractivity contribution < 1.29 is 4.74 Å². The normalized spacial score (nSPS) is 14.4. The number of H-pyrrole nitrogens is 1. The average molecular weight is 292 g/mol. The van der Waals surface area contributed by atoms with Gasteiger partial charge < -0.3 is 14.3 Å². The van der Waals surface area contributed by atoms with E-state index in [1.807, 2.05) is 12.1 Å². The van der Waals surface area contributed by atoms with Crippen molar-refractivity contribution in [2.75, 3.05) is 6.61 Å². The molecule has 110 valence electrons. The third-order valence-corrected chi connectivity index (χ3v) is 4.35. The number of aromatic nitrogens is 2. The summed E-state index contributed by atoms with van der Waals surface area (Å²) in [7, 11) is 0. The Morgan fingerprint density at radius 2 is 2.05 bits per heavy atom. The van der Waals surface area contributed by atoms with E-state index in [4.69, 9.17) is 17.0 Å². The molecular formula is C16H24N2OS. The molecule has 2 atom stereocenters. The zero-order valence-corrected chi connectivity index (χ0v) is 13.6. The summed E-state index contributed by atoms with van der Waals surface area (Å²) in [6, 6.07) is 6.53. The molecule has 2 aromatic rings. The van der Waals surface area contributed by atoms with Gasteiger partial charge in [-0.2, -0.15) is 0 Å². The van der Waals surface area contributed by atoms with Gasteiger partial charge in [0, 0.05) is 6.04 Å². The molecule has 0 aliphatic heterocycles. The lowest BCUT2D eigenvalue weighted by Gasteiger charge is -2.20. The van der Waals surface area contributed by atoms with Gasteiger partial charge in [-0.15, -0.1) is 0 Å². The third kappa shape index (κ3) is 2.75. The Bertz CT molecular complexity index is 629. The van der Waals surface area contributed by atoms with Crippen molar-refractivity contribution in [3.05, 3.63) is 23.0 Å². The fourth-order valence-electron chi connectivity index (χ4n) is 2.45. The van der Waals surface area contributed by atoms with Crippen LogP contribution in [0.1, 0.15) is 46.6 Å². The number of fused-ring (bicyclic) bond motifs is 1. The van der Waals surface area contributed by atoms with E-state index in [9.17, 15) is 0 Å². The van der Waals surface area contributed by atoms with Crippen molar-refractivity contribution in [3.63, 3.8) is 0 Å². The summed E-state index contributed by atoms with van der Waals surface area (Å²) >= 11 is 5.52. The third-order valence-electron chi connectivity index (χ3n) is 4.05. The van der Waals surface area contributed by atoms with Crippen LogP contribution in [0.3, 0.4) is 0 Å². The summed E-state index contributed by atoms with van der Waals surface area (Å²) in [6.07, 6.45) is 2.14. The van der Waals surface area contributed by atoms with E-state index in [1.54, 1.807) is 0 Å². The van der Waals surface area contributed by atoms with E-state index in [1.165, 1.54) is 0 Å². The van der Waals surface area contributed by atoms with Gasteiger partial charge in [0.05, 0.1) is 12.1 Å². The van der Waals surface area contributed by atoms with Gasteiger partial charge in [-0.1, -0.05) is 33.3 Å². The van der Waals surface area contributed by atoms with Gasteiger partial charge in [0.15, 0.2) is 4.77 Å². The number of rotatable bonds is 6. The van der Waals surface area contributed by atoms with E-state index < -0.39 is 0 Å². The van der Waals surface area contributed by atoms with E-state index in [-0.39, 0.29) is 0 Å². The highest BCUT2D eigenvalue weighted by Crippen LogP contribution is 2.30. The molecule has 1 heterocycles. The zero-order chi connectivity index (χ0) is 14.7. The molecule has 0 saturated heterocycles. The summed E-state index contributed by atoms with van der Waals surface area (Å²) in [4.78, 5) is 3.32. The van der Waals surface area contributed by atoms with E-state index >= 15 is 0 Å². The molecule has 0 saturated carbocycles. The summed E-state index contributed by atoms with van der Waals surface area (Å²) < 4.78 is 8.81. The highest BCUT2D eigenvalue weighted by Gasteiger charge is 2.17. The smallest absolute Gasteiger partial charge is 0.178 e. The molecular weight excluding hydrogens is 268 g/mol. The first-order valence-electron chi connectivity index (χ1n) is 7.46. The van der Waals surface area contributed by atoms with Crippen LogP contribution in [0.15, 0.2) is 18.2 Å². The molecule has 0 fully saturated rings. The van der Waals surface area contributed by atoms with Crippen LogP contribution in [0.25, 0.3) is 11.0 Å². The quantitative estimate of drug-likeness (QED) is 0.751. The molecule has 0 aliphatic rings. The predicted octanol–water partition coefficient (Wildman–Crippen LogP) is 5.09. The maximum Gasteiger partial charge on any atom is 0.178 e. The standard InChI is InChI=1S/C16H24N2OS/c1-5-10-19-14-9-7-8-13-15(14)17-16(20)18(13)12(4)11(3)6-2/h7-9,11-12H,5-6,10H2,1-4H3,(H,17,20). The number of nitrogens with one attached hydrogen (secondary N) is 1. The number of benzene rings is 1. The van der Waals surface area contributed by atoms with Crippen LogP contribution in [0.4, 0.5) is 0 Å². The number of ether oxygens (including phenoxy) is 1. The van der Waals surface area contributed by atoms with Gasteiger partial charge in [-0.3, -0.25) is 0 Å². The average Bonchev–Trinajstić information content (AvgIpc) is 2.79. The second-order valence-electron chi connectivity index (χ2n) is 5.43. The summed E-state index contributed by atoms with van der Waals surface area (Å²) in [5, 5.41) is 0. The predicted molar refractivity (Wildman–Crippen MR) is 87.1 cm³/mol. The second kappa shape index (κ2) is 6.44. The number of aromatic amines is 1. The lowest BCUT2D eigenvalue weighted by molar-refractivity contribution is 0.320. The Morgan fingerprint density at radius 1 is 1.30 bits per heavy atom. The maximum atomic E-state index is 5.81. The first-order chi connectivity index (χ1) is 9.60. The fourth-order valence-corrected chi connectivity index (χ4v) is 2.82. The van der Waals surface area contributed by atoms with Gasteiger partial charge in [0.2, 0.25) is 0 Å². The SMILES string of the molecule is CCCOc1cccc2c1[nH]c(=S)n2C(C)C(C)CC. The molecule has 1 N–H and O–H groups in total. The van der Waals surface area contributed by atoms with Crippen LogP contribution in [-0.4, -0.2) is 16.2 Å². The van der Waals surface area contributed by atoms with Crippen LogP contribution < -0.4 is 4.74 Å². The van der Waals surface area contributed by atoms with Crippen molar-refractivity contribution >= 4 is 23.3 Å². The number of nitrogens with zero attached hydrogens (tertiary/aromatic N) is 1. The topological polar surface area (TPSA) is 29.9 Å². The number of para-hydroxylation sites is 1.